The molecule has 0 heterocycles. The monoisotopic (exact) mass is 305 g/mol. The van der Waals surface area contributed by atoms with Gasteiger partial charge in [0.1, 0.15) is 0 Å². The summed E-state index contributed by atoms with van der Waals surface area (Å²) in [6.45, 7) is 5.04. The third-order valence-corrected chi connectivity index (χ3v) is 4.57. The number of nitrogens with two attached hydrogens (primary N) is 1. The van der Waals surface area contributed by atoms with Gasteiger partial charge in [-0.05, 0) is 54.3 Å². The van der Waals surface area contributed by atoms with E-state index in [4.69, 9.17) is 17.3 Å². The quantitative estimate of drug-likeness (QED) is 0.830. The Morgan fingerprint density at radius 3 is 2.25 bits per heavy atom. The fourth-order valence-electron chi connectivity index (χ4n) is 2.01. The Kier molecular flexibility index (Phi) is 5.53. The summed E-state index contributed by atoms with van der Waals surface area (Å²) >= 11 is 8.01. The van der Waals surface area contributed by atoms with Crippen LogP contribution < -0.4 is 5.73 Å². The molecule has 2 aromatic carbocycles. The lowest BCUT2D eigenvalue weighted by Gasteiger charge is -2.08. The molecule has 20 heavy (non-hydrogen) atoms. The molecule has 1 nitrogen and oxygen atoms in total. The van der Waals surface area contributed by atoms with Crippen molar-refractivity contribution in [3.05, 3.63) is 58.6 Å². The minimum atomic E-state index is 0.569. The van der Waals surface area contributed by atoms with Crippen LogP contribution in [0.15, 0.2) is 52.3 Å². The molecular formula is C17H20ClNS. The van der Waals surface area contributed by atoms with Crippen molar-refractivity contribution in [3.63, 3.8) is 0 Å². The fourth-order valence-corrected chi connectivity index (χ4v) is 3.20. The molecule has 0 radical (unpaired) electrons. The van der Waals surface area contributed by atoms with E-state index >= 15 is 0 Å². The van der Waals surface area contributed by atoms with Gasteiger partial charge in [0.05, 0.1) is 0 Å². The van der Waals surface area contributed by atoms with Gasteiger partial charge < -0.3 is 5.73 Å². The summed E-state index contributed by atoms with van der Waals surface area (Å²) in [5, 5.41) is 0.805. The maximum absolute atomic E-state index is 6.27. The molecule has 0 amide bonds. The third kappa shape index (κ3) is 4.02. The molecule has 0 aliphatic heterocycles. The van der Waals surface area contributed by atoms with Gasteiger partial charge in [-0.1, -0.05) is 55.4 Å². The van der Waals surface area contributed by atoms with Crippen molar-refractivity contribution in [1.82, 2.24) is 0 Å². The first-order valence-electron chi connectivity index (χ1n) is 6.86. The van der Waals surface area contributed by atoms with Crippen LogP contribution in [0.5, 0.6) is 0 Å². The molecule has 106 valence electrons. The molecule has 3 heteroatoms. The maximum atomic E-state index is 6.27. The van der Waals surface area contributed by atoms with Crippen molar-refractivity contribution in [2.75, 3.05) is 6.54 Å². The normalized spacial score (nSPS) is 11.1. The molecule has 2 N–H and O–H groups in total. The van der Waals surface area contributed by atoms with E-state index < -0.39 is 0 Å². The fraction of sp³-hybridized carbons (Fsp3) is 0.294. The molecule has 0 aliphatic carbocycles. The average Bonchev–Trinajstić information content (AvgIpc) is 2.42. The molecule has 0 aromatic heterocycles. The van der Waals surface area contributed by atoms with Gasteiger partial charge in [0.25, 0.3) is 0 Å². The van der Waals surface area contributed by atoms with Crippen LogP contribution in [0.25, 0.3) is 0 Å². The molecule has 0 saturated carbocycles. The highest BCUT2D eigenvalue weighted by Gasteiger charge is 2.04. The second kappa shape index (κ2) is 7.16. The predicted octanol–water partition coefficient (Wildman–Crippen LogP) is 5.12. The van der Waals surface area contributed by atoms with E-state index in [2.05, 4.69) is 50.2 Å². The summed E-state index contributed by atoms with van der Waals surface area (Å²) in [6.07, 6.45) is 0.826. The standard InChI is InChI=1S/C17H20ClNS/c1-12(2)13-3-6-15(7-4-13)20-16-8-5-14(9-10-19)17(18)11-16/h3-8,11-12H,9-10,19H2,1-2H3. The molecular weight excluding hydrogens is 286 g/mol. The van der Waals surface area contributed by atoms with E-state index in [0.29, 0.717) is 12.5 Å². The number of hydrogen-bond acceptors (Lipinski definition) is 2. The van der Waals surface area contributed by atoms with Crippen molar-refractivity contribution in [1.29, 1.82) is 0 Å². The van der Waals surface area contributed by atoms with Gasteiger partial charge in [0.2, 0.25) is 0 Å². The Morgan fingerprint density at radius 2 is 1.70 bits per heavy atom. The van der Waals surface area contributed by atoms with Crippen LogP contribution in [-0.2, 0) is 6.42 Å². The summed E-state index contributed by atoms with van der Waals surface area (Å²) < 4.78 is 0. The zero-order valence-electron chi connectivity index (χ0n) is 11.9. The van der Waals surface area contributed by atoms with Gasteiger partial charge in [-0.25, -0.2) is 0 Å². The van der Waals surface area contributed by atoms with Gasteiger partial charge >= 0.3 is 0 Å². The van der Waals surface area contributed by atoms with Gasteiger partial charge in [0, 0.05) is 14.8 Å². The molecule has 0 saturated heterocycles. The Hall–Kier alpha value is -0.960. The van der Waals surface area contributed by atoms with Gasteiger partial charge in [0.15, 0.2) is 0 Å². The van der Waals surface area contributed by atoms with Crippen molar-refractivity contribution in [2.45, 2.75) is 36.0 Å². The lowest BCUT2D eigenvalue weighted by Crippen LogP contribution is -2.02. The maximum Gasteiger partial charge on any atom is 0.0449 e. The SMILES string of the molecule is CC(C)c1ccc(Sc2ccc(CCN)c(Cl)c2)cc1. The largest absolute Gasteiger partial charge is 0.330 e. The van der Waals surface area contributed by atoms with Crippen LogP contribution in [0, 0.1) is 0 Å². The zero-order chi connectivity index (χ0) is 14.5. The Bertz CT molecular complexity index is 564. The molecule has 0 fully saturated rings. The van der Waals surface area contributed by atoms with E-state index in [0.717, 1.165) is 21.9 Å². The van der Waals surface area contributed by atoms with E-state index in [1.165, 1.54) is 10.5 Å². The topological polar surface area (TPSA) is 26.0 Å². The van der Waals surface area contributed by atoms with Gasteiger partial charge in [-0.15, -0.1) is 0 Å². The van der Waals surface area contributed by atoms with Crippen molar-refractivity contribution in [3.8, 4) is 0 Å². The Morgan fingerprint density at radius 1 is 1.05 bits per heavy atom. The van der Waals surface area contributed by atoms with Crippen LogP contribution in [0.2, 0.25) is 5.02 Å². The van der Waals surface area contributed by atoms with E-state index in [1.807, 2.05) is 6.07 Å². The Labute approximate surface area is 130 Å². The van der Waals surface area contributed by atoms with Crippen molar-refractivity contribution >= 4 is 23.4 Å². The summed E-state index contributed by atoms with van der Waals surface area (Å²) in [4.78, 5) is 2.39. The number of halogens is 1. The van der Waals surface area contributed by atoms with Gasteiger partial charge in [-0.2, -0.15) is 0 Å². The summed E-state index contributed by atoms with van der Waals surface area (Å²) in [6, 6.07) is 14.9. The summed E-state index contributed by atoms with van der Waals surface area (Å²) in [5.41, 5.74) is 8.05. The van der Waals surface area contributed by atoms with Gasteiger partial charge in [-0.3, -0.25) is 0 Å². The first kappa shape index (κ1) is 15.4. The summed E-state index contributed by atoms with van der Waals surface area (Å²) in [7, 11) is 0. The van der Waals surface area contributed by atoms with E-state index in [9.17, 15) is 0 Å². The van der Waals surface area contributed by atoms with E-state index in [-0.39, 0.29) is 0 Å². The molecule has 2 aromatic rings. The smallest absolute Gasteiger partial charge is 0.0449 e. The highest BCUT2D eigenvalue weighted by Crippen LogP contribution is 2.31. The molecule has 0 bridgehead atoms. The predicted molar refractivity (Wildman–Crippen MR) is 88.9 cm³/mol. The molecule has 0 spiro atoms. The van der Waals surface area contributed by atoms with Crippen molar-refractivity contribution < 1.29 is 0 Å². The first-order valence-corrected chi connectivity index (χ1v) is 8.06. The minimum Gasteiger partial charge on any atom is -0.330 e. The van der Waals surface area contributed by atoms with Crippen LogP contribution in [0.3, 0.4) is 0 Å². The first-order chi connectivity index (χ1) is 9.60. The average molecular weight is 306 g/mol. The minimum absolute atomic E-state index is 0.569. The molecule has 0 atom stereocenters. The highest BCUT2D eigenvalue weighted by molar-refractivity contribution is 7.99. The molecule has 2 rings (SSSR count). The number of hydrogen-bond donors (Lipinski definition) is 1. The lowest BCUT2D eigenvalue weighted by atomic mass is 10.0. The summed E-state index contributed by atoms with van der Waals surface area (Å²) in [5.74, 6) is 0.569. The van der Waals surface area contributed by atoms with E-state index in [1.54, 1.807) is 11.8 Å². The molecule has 0 unspecified atom stereocenters. The van der Waals surface area contributed by atoms with Crippen LogP contribution in [0.4, 0.5) is 0 Å². The second-order valence-corrected chi connectivity index (χ2v) is 6.67. The van der Waals surface area contributed by atoms with Crippen LogP contribution in [-0.4, -0.2) is 6.54 Å². The zero-order valence-corrected chi connectivity index (χ0v) is 13.5. The lowest BCUT2D eigenvalue weighted by molar-refractivity contribution is 0.865. The number of rotatable bonds is 5. The van der Waals surface area contributed by atoms with Crippen molar-refractivity contribution in [2.24, 2.45) is 5.73 Å². The molecule has 0 aliphatic rings. The highest BCUT2D eigenvalue weighted by atomic mass is 35.5. The third-order valence-electron chi connectivity index (χ3n) is 3.22. The Balaban J connectivity index is 2.11. The van der Waals surface area contributed by atoms with Crippen LogP contribution in [0.1, 0.15) is 30.9 Å². The number of benzene rings is 2. The second-order valence-electron chi connectivity index (χ2n) is 5.12. The van der Waals surface area contributed by atoms with Crippen LogP contribution >= 0.6 is 23.4 Å².